The summed E-state index contributed by atoms with van der Waals surface area (Å²) in [7, 11) is 1.53. The molecule has 0 amide bonds. The zero-order valence-electron chi connectivity index (χ0n) is 12.7. The van der Waals surface area contributed by atoms with E-state index in [4.69, 9.17) is 9.47 Å². The van der Waals surface area contributed by atoms with Gasteiger partial charge in [0.2, 0.25) is 0 Å². The first-order valence-corrected chi connectivity index (χ1v) is 6.58. The van der Waals surface area contributed by atoms with E-state index < -0.39 is 11.6 Å². The smallest absolute Gasteiger partial charge is 0.360 e. The van der Waals surface area contributed by atoms with Crippen molar-refractivity contribution in [2.24, 2.45) is 5.92 Å². The highest BCUT2D eigenvalue weighted by Gasteiger charge is 2.28. The lowest BCUT2D eigenvalue weighted by Gasteiger charge is -2.27. The molecule has 114 valence electrons. The van der Waals surface area contributed by atoms with Gasteiger partial charge in [0.15, 0.2) is 5.69 Å². The Bertz CT molecular complexity index is 454. The van der Waals surface area contributed by atoms with E-state index in [0.29, 0.717) is 12.3 Å². The van der Waals surface area contributed by atoms with Gasteiger partial charge in [-0.15, -0.1) is 5.10 Å². The fraction of sp³-hybridized carbons (Fsp3) is 0.769. The van der Waals surface area contributed by atoms with Crippen LogP contribution in [0.1, 0.15) is 37.0 Å². The van der Waals surface area contributed by atoms with Gasteiger partial charge in [-0.1, -0.05) is 19.1 Å². The summed E-state index contributed by atoms with van der Waals surface area (Å²) in [5.74, 6) is -0.474. The van der Waals surface area contributed by atoms with Crippen molar-refractivity contribution in [3.63, 3.8) is 0 Å². The van der Waals surface area contributed by atoms with Gasteiger partial charge < -0.3 is 14.6 Å². The number of hydrogen-bond donors (Lipinski definition) is 1. The molecule has 0 aromatic carbocycles. The Morgan fingerprint density at radius 3 is 2.65 bits per heavy atom. The van der Waals surface area contributed by atoms with Crippen molar-refractivity contribution in [1.82, 2.24) is 15.0 Å². The number of rotatable bonds is 7. The number of carbonyl (C=O) groups excluding carboxylic acids is 1. The van der Waals surface area contributed by atoms with Crippen LogP contribution in [0.25, 0.3) is 0 Å². The van der Waals surface area contributed by atoms with Gasteiger partial charge in [0.05, 0.1) is 24.4 Å². The highest BCUT2D eigenvalue weighted by molar-refractivity contribution is 5.88. The van der Waals surface area contributed by atoms with Gasteiger partial charge in [-0.3, -0.25) is 0 Å². The van der Waals surface area contributed by atoms with E-state index in [1.807, 2.05) is 13.8 Å². The van der Waals surface area contributed by atoms with Gasteiger partial charge in [0.25, 0.3) is 0 Å². The van der Waals surface area contributed by atoms with Crippen LogP contribution in [0.4, 0.5) is 0 Å². The van der Waals surface area contributed by atoms with Crippen LogP contribution in [-0.4, -0.2) is 52.0 Å². The number of hydrogen-bond acceptors (Lipinski definition) is 6. The molecule has 0 saturated heterocycles. The Balaban J connectivity index is 2.77. The summed E-state index contributed by atoms with van der Waals surface area (Å²) in [6.07, 6.45) is 0. The number of ether oxygens (including phenoxy) is 2. The molecular weight excluding hydrogens is 262 g/mol. The van der Waals surface area contributed by atoms with Crippen LogP contribution in [0.2, 0.25) is 0 Å². The second kappa shape index (κ2) is 6.81. The van der Waals surface area contributed by atoms with E-state index in [1.165, 1.54) is 11.8 Å². The van der Waals surface area contributed by atoms with Crippen molar-refractivity contribution in [1.29, 1.82) is 0 Å². The summed E-state index contributed by atoms with van der Waals surface area (Å²) >= 11 is 0. The SMILES string of the molecule is COCCOC(=O)c1nnn(CC(C)(O)C(C)C)c1C. The molecule has 20 heavy (non-hydrogen) atoms. The molecule has 7 heteroatoms. The highest BCUT2D eigenvalue weighted by atomic mass is 16.6. The minimum Gasteiger partial charge on any atom is -0.458 e. The van der Waals surface area contributed by atoms with Gasteiger partial charge in [-0.2, -0.15) is 0 Å². The molecule has 0 aliphatic heterocycles. The van der Waals surface area contributed by atoms with Crippen LogP contribution in [0.15, 0.2) is 0 Å². The molecule has 0 bridgehead atoms. The lowest BCUT2D eigenvalue weighted by molar-refractivity contribution is -0.00666. The topological polar surface area (TPSA) is 86.5 Å². The van der Waals surface area contributed by atoms with Crippen LogP contribution in [0.5, 0.6) is 0 Å². The number of esters is 1. The molecule has 0 aliphatic carbocycles. The van der Waals surface area contributed by atoms with Gasteiger partial charge >= 0.3 is 5.97 Å². The molecule has 1 unspecified atom stereocenters. The first kappa shape index (κ1) is 16.6. The molecular formula is C13H23N3O4. The molecule has 1 rings (SSSR count). The molecule has 1 aromatic heterocycles. The zero-order chi connectivity index (χ0) is 15.3. The first-order valence-electron chi connectivity index (χ1n) is 6.58. The maximum Gasteiger partial charge on any atom is 0.360 e. The van der Waals surface area contributed by atoms with Gasteiger partial charge in [0, 0.05) is 7.11 Å². The third kappa shape index (κ3) is 4.01. The summed E-state index contributed by atoms with van der Waals surface area (Å²) in [6.45, 7) is 8.08. The lowest BCUT2D eigenvalue weighted by atomic mass is 9.92. The largest absolute Gasteiger partial charge is 0.458 e. The molecule has 7 nitrogen and oxygen atoms in total. The number of methoxy groups -OCH3 is 1. The highest BCUT2D eigenvalue weighted by Crippen LogP contribution is 2.19. The van der Waals surface area contributed by atoms with Crippen molar-refractivity contribution in [2.45, 2.75) is 39.8 Å². The minimum absolute atomic E-state index is 0.0585. The minimum atomic E-state index is -0.921. The van der Waals surface area contributed by atoms with E-state index >= 15 is 0 Å². The van der Waals surface area contributed by atoms with Crippen molar-refractivity contribution in [2.75, 3.05) is 20.3 Å². The number of aliphatic hydroxyl groups is 1. The Morgan fingerprint density at radius 1 is 1.45 bits per heavy atom. The molecule has 1 aromatic rings. The molecule has 0 aliphatic rings. The monoisotopic (exact) mass is 285 g/mol. The number of aromatic nitrogens is 3. The Morgan fingerprint density at radius 2 is 2.10 bits per heavy atom. The second-order valence-corrected chi connectivity index (χ2v) is 5.32. The normalized spacial score (nSPS) is 14.3. The van der Waals surface area contributed by atoms with E-state index in [2.05, 4.69) is 10.3 Å². The van der Waals surface area contributed by atoms with Crippen LogP contribution < -0.4 is 0 Å². The van der Waals surface area contributed by atoms with Crippen LogP contribution in [-0.2, 0) is 16.0 Å². The molecule has 0 fully saturated rings. The Kier molecular flexibility index (Phi) is 5.64. The summed E-state index contributed by atoms with van der Waals surface area (Å²) < 4.78 is 11.3. The van der Waals surface area contributed by atoms with Crippen LogP contribution >= 0.6 is 0 Å². The van der Waals surface area contributed by atoms with Crippen molar-refractivity contribution in [3.8, 4) is 0 Å². The maximum atomic E-state index is 11.8. The third-order valence-electron chi connectivity index (χ3n) is 3.41. The lowest BCUT2D eigenvalue weighted by Crippen LogP contribution is -2.37. The van der Waals surface area contributed by atoms with Gasteiger partial charge in [-0.25, -0.2) is 9.48 Å². The van der Waals surface area contributed by atoms with Crippen LogP contribution in [0, 0.1) is 12.8 Å². The average molecular weight is 285 g/mol. The molecule has 0 radical (unpaired) electrons. The number of nitrogens with zero attached hydrogens (tertiary/aromatic N) is 3. The first-order chi connectivity index (χ1) is 9.29. The van der Waals surface area contributed by atoms with Gasteiger partial charge in [0.1, 0.15) is 6.61 Å². The average Bonchev–Trinajstić information content (AvgIpc) is 2.70. The van der Waals surface area contributed by atoms with Crippen LogP contribution in [0.3, 0.4) is 0 Å². The third-order valence-corrected chi connectivity index (χ3v) is 3.41. The zero-order valence-corrected chi connectivity index (χ0v) is 12.7. The summed E-state index contributed by atoms with van der Waals surface area (Å²) in [5, 5.41) is 18.0. The van der Waals surface area contributed by atoms with E-state index in [1.54, 1.807) is 13.8 Å². The predicted molar refractivity (Wildman–Crippen MR) is 72.4 cm³/mol. The molecule has 1 atom stereocenters. The van der Waals surface area contributed by atoms with Gasteiger partial charge in [-0.05, 0) is 19.8 Å². The maximum absolute atomic E-state index is 11.8. The summed E-state index contributed by atoms with van der Waals surface area (Å²) in [6, 6.07) is 0. The van der Waals surface area contributed by atoms with E-state index in [-0.39, 0.29) is 24.8 Å². The Hall–Kier alpha value is -1.47. The van der Waals surface area contributed by atoms with E-state index in [9.17, 15) is 9.90 Å². The standard InChI is InChI=1S/C13H23N3O4/c1-9(2)13(4,18)8-16-10(3)11(14-15-16)12(17)20-7-6-19-5/h9,18H,6-8H2,1-5H3. The number of carbonyl (C=O) groups is 1. The molecule has 1 heterocycles. The predicted octanol–water partition coefficient (Wildman–Crippen LogP) is 0.797. The molecule has 0 spiro atoms. The molecule has 1 N–H and O–H groups in total. The van der Waals surface area contributed by atoms with Crippen molar-refractivity contribution >= 4 is 5.97 Å². The second-order valence-electron chi connectivity index (χ2n) is 5.32. The molecule has 0 saturated carbocycles. The van der Waals surface area contributed by atoms with Crippen molar-refractivity contribution in [3.05, 3.63) is 11.4 Å². The Labute approximate surface area is 118 Å². The fourth-order valence-electron chi connectivity index (χ4n) is 1.47. The summed E-state index contributed by atoms with van der Waals surface area (Å²) in [5.41, 5.74) is -0.177. The summed E-state index contributed by atoms with van der Waals surface area (Å²) in [4.78, 5) is 11.8. The van der Waals surface area contributed by atoms with Crippen molar-refractivity contribution < 1.29 is 19.4 Å². The fourth-order valence-corrected chi connectivity index (χ4v) is 1.47. The quantitative estimate of drug-likeness (QED) is 0.589. The van der Waals surface area contributed by atoms with E-state index in [0.717, 1.165) is 0 Å².